The zero-order valence-electron chi connectivity index (χ0n) is 10.6. The van der Waals surface area contributed by atoms with Gasteiger partial charge in [-0.05, 0) is 25.4 Å². The summed E-state index contributed by atoms with van der Waals surface area (Å²) < 4.78 is 5.07. The molecule has 0 aliphatic carbocycles. The summed E-state index contributed by atoms with van der Waals surface area (Å²) in [5, 5.41) is 3.04. The first kappa shape index (κ1) is 13.9. The Morgan fingerprint density at radius 2 is 2.06 bits per heavy atom. The molecule has 0 aliphatic rings. The Morgan fingerprint density at radius 3 is 2.59 bits per heavy atom. The van der Waals surface area contributed by atoms with Crippen molar-refractivity contribution in [3.05, 3.63) is 5.28 Å². The molecule has 0 unspecified atom stereocenters. The highest BCUT2D eigenvalue weighted by molar-refractivity contribution is 6.28. The van der Waals surface area contributed by atoms with E-state index < -0.39 is 0 Å². The molecule has 1 heterocycles. The molecule has 1 aromatic heterocycles. The van der Waals surface area contributed by atoms with E-state index in [1.807, 2.05) is 4.90 Å². The summed E-state index contributed by atoms with van der Waals surface area (Å²) in [4.78, 5) is 14.4. The molecule has 0 aliphatic heterocycles. The second-order valence-corrected chi connectivity index (χ2v) is 4.10. The second kappa shape index (κ2) is 6.56. The third-order valence-corrected chi connectivity index (χ3v) is 2.41. The lowest BCUT2D eigenvalue weighted by molar-refractivity contribution is 0.203. The van der Waals surface area contributed by atoms with Crippen LogP contribution in [0.25, 0.3) is 0 Å². The third-order valence-electron chi connectivity index (χ3n) is 2.24. The SMILES string of the molecule is CNc1nc(Cl)nc(N(CCOC)C(C)C)n1. The van der Waals surface area contributed by atoms with E-state index in [9.17, 15) is 0 Å². The van der Waals surface area contributed by atoms with E-state index in [-0.39, 0.29) is 11.3 Å². The van der Waals surface area contributed by atoms with Crippen molar-refractivity contribution < 1.29 is 4.74 Å². The normalized spacial score (nSPS) is 10.7. The molecule has 1 rings (SSSR count). The molecule has 0 radical (unpaired) electrons. The third kappa shape index (κ3) is 3.98. The molecule has 96 valence electrons. The molecule has 7 heteroatoms. The minimum Gasteiger partial charge on any atom is -0.383 e. The van der Waals surface area contributed by atoms with Crippen LogP contribution < -0.4 is 10.2 Å². The molecule has 0 bridgehead atoms. The van der Waals surface area contributed by atoms with Gasteiger partial charge in [0.15, 0.2) is 0 Å². The van der Waals surface area contributed by atoms with Gasteiger partial charge in [0.2, 0.25) is 17.2 Å². The van der Waals surface area contributed by atoms with Gasteiger partial charge in [0, 0.05) is 26.7 Å². The summed E-state index contributed by atoms with van der Waals surface area (Å²) in [5.74, 6) is 1.02. The molecule has 0 fully saturated rings. The van der Waals surface area contributed by atoms with Gasteiger partial charge in [0.1, 0.15) is 0 Å². The Hall–Kier alpha value is -1.14. The first-order valence-corrected chi connectivity index (χ1v) is 5.81. The van der Waals surface area contributed by atoms with Gasteiger partial charge in [-0.2, -0.15) is 15.0 Å². The number of hydrogen-bond donors (Lipinski definition) is 1. The quantitative estimate of drug-likeness (QED) is 0.834. The van der Waals surface area contributed by atoms with Crippen LogP contribution in [0.15, 0.2) is 0 Å². The van der Waals surface area contributed by atoms with Gasteiger partial charge in [-0.1, -0.05) is 0 Å². The lowest BCUT2D eigenvalue weighted by Gasteiger charge is -2.26. The molecule has 0 spiro atoms. The summed E-state index contributed by atoms with van der Waals surface area (Å²) in [6.07, 6.45) is 0. The van der Waals surface area contributed by atoms with E-state index in [0.717, 1.165) is 0 Å². The summed E-state index contributed by atoms with van der Waals surface area (Å²) in [5.41, 5.74) is 0. The van der Waals surface area contributed by atoms with Gasteiger partial charge in [0.05, 0.1) is 6.61 Å². The van der Waals surface area contributed by atoms with Crippen molar-refractivity contribution in [3.63, 3.8) is 0 Å². The van der Waals surface area contributed by atoms with Crippen LogP contribution in [0.4, 0.5) is 11.9 Å². The molecule has 0 amide bonds. The smallest absolute Gasteiger partial charge is 0.231 e. The number of ether oxygens (including phenoxy) is 1. The van der Waals surface area contributed by atoms with Crippen LogP contribution in [0.1, 0.15) is 13.8 Å². The van der Waals surface area contributed by atoms with Gasteiger partial charge in [-0.15, -0.1) is 0 Å². The predicted octanol–water partition coefficient (Wildman–Crippen LogP) is 1.43. The van der Waals surface area contributed by atoms with E-state index in [4.69, 9.17) is 16.3 Å². The number of rotatable bonds is 6. The van der Waals surface area contributed by atoms with Gasteiger partial charge in [0.25, 0.3) is 0 Å². The number of hydrogen-bond acceptors (Lipinski definition) is 6. The fraction of sp³-hybridized carbons (Fsp3) is 0.700. The van der Waals surface area contributed by atoms with Gasteiger partial charge in [-0.25, -0.2) is 0 Å². The highest BCUT2D eigenvalue weighted by Crippen LogP contribution is 2.15. The van der Waals surface area contributed by atoms with Crippen molar-refractivity contribution in [3.8, 4) is 0 Å². The number of anilines is 2. The van der Waals surface area contributed by atoms with Crippen molar-refractivity contribution in [2.45, 2.75) is 19.9 Å². The zero-order chi connectivity index (χ0) is 12.8. The van der Waals surface area contributed by atoms with Gasteiger partial charge in [-0.3, -0.25) is 0 Å². The maximum absolute atomic E-state index is 5.85. The lowest BCUT2D eigenvalue weighted by atomic mass is 10.3. The van der Waals surface area contributed by atoms with E-state index in [1.165, 1.54) is 0 Å². The number of halogens is 1. The molecule has 1 aromatic rings. The zero-order valence-corrected chi connectivity index (χ0v) is 11.3. The van der Waals surface area contributed by atoms with Crippen LogP contribution in [0.5, 0.6) is 0 Å². The number of methoxy groups -OCH3 is 1. The highest BCUT2D eigenvalue weighted by Gasteiger charge is 2.15. The summed E-state index contributed by atoms with van der Waals surface area (Å²) in [6.45, 7) is 5.44. The molecule has 0 atom stereocenters. The van der Waals surface area contributed by atoms with Crippen molar-refractivity contribution in [1.82, 2.24) is 15.0 Å². The van der Waals surface area contributed by atoms with Crippen LogP contribution in [0.3, 0.4) is 0 Å². The average molecular weight is 260 g/mol. The summed E-state index contributed by atoms with van der Waals surface area (Å²) in [7, 11) is 3.40. The van der Waals surface area contributed by atoms with Crippen molar-refractivity contribution in [1.29, 1.82) is 0 Å². The average Bonchev–Trinajstić information content (AvgIpc) is 2.28. The summed E-state index contributed by atoms with van der Waals surface area (Å²) >= 11 is 5.85. The van der Waals surface area contributed by atoms with Crippen LogP contribution in [0.2, 0.25) is 5.28 Å². The van der Waals surface area contributed by atoms with E-state index in [1.54, 1.807) is 14.2 Å². The predicted molar refractivity (Wildman–Crippen MR) is 68.7 cm³/mol. The van der Waals surface area contributed by atoms with Crippen molar-refractivity contribution in [2.24, 2.45) is 0 Å². The number of nitrogens with zero attached hydrogens (tertiary/aromatic N) is 4. The summed E-state index contributed by atoms with van der Waals surface area (Å²) in [6, 6.07) is 0.258. The van der Waals surface area contributed by atoms with Crippen LogP contribution >= 0.6 is 11.6 Å². The first-order valence-electron chi connectivity index (χ1n) is 5.43. The number of aromatic nitrogens is 3. The molecule has 0 saturated heterocycles. The van der Waals surface area contributed by atoms with Crippen LogP contribution in [0, 0.1) is 0 Å². The van der Waals surface area contributed by atoms with Crippen LogP contribution in [-0.4, -0.2) is 48.3 Å². The second-order valence-electron chi connectivity index (χ2n) is 3.76. The van der Waals surface area contributed by atoms with Gasteiger partial charge < -0.3 is 15.0 Å². The molecule has 1 N–H and O–H groups in total. The van der Waals surface area contributed by atoms with Crippen molar-refractivity contribution in [2.75, 3.05) is 37.5 Å². The fourth-order valence-corrected chi connectivity index (χ4v) is 1.51. The Balaban J connectivity index is 2.96. The first-order chi connectivity index (χ1) is 8.08. The Kier molecular flexibility index (Phi) is 5.37. The monoisotopic (exact) mass is 259 g/mol. The molecule has 0 aromatic carbocycles. The molecule has 6 nitrogen and oxygen atoms in total. The Bertz CT molecular complexity index is 361. The highest BCUT2D eigenvalue weighted by atomic mass is 35.5. The maximum atomic E-state index is 5.85. The number of nitrogens with one attached hydrogen (secondary N) is 1. The minimum atomic E-state index is 0.183. The van der Waals surface area contributed by atoms with Crippen LogP contribution in [-0.2, 0) is 4.74 Å². The van der Waals surface area contributed by atoms with E-state index in [2.05, 4.69) is 34.1 Å². The minimum absolute atomic E-state index is 0.183. The molecular formula is C10H18ClN5O. The van der Waals surface area contributed by atoms with E-state index in [0.29, 0.717) is 25.0 Å². The molecule has 17 heavy (non-hydrogen) atoms. The van der Waals surface area contributed by atoms with Crippen molar-refractivity contribution >= 4 is 23.5 Å². The standard InChI is InChI=1S/C10H18ClN5O/c1-7(2)16(5-6-17-4)10-14-8(11)13-9(12-3)15-10/h7H,5-6H2,1-4H3,(H,12,13,14,15). The Morgan fingerprint density at radius 1 is 1.35 bits per heavy atom. The molecular weight excluding hydrogens is 242 g/mol. The lowest BCUT2D eigenvalue weighted by Crippen LogP contribution is -2.35. The Labute approximate surface area is 106 Å². The fourth-order valence-electron chi connectivity index (χ4n) is 1.36. The van der Waals surface area contributed by atoms with E-state index >= 15 is 0 Å². The molecule has 0 saturated carbocycles. The van der Waals surface area contributed by atoms with Gasteiger partial charge >= 0.3 is 0 Å². The maximum Gasteiger partial charge on any atom is 0.231 e. The topological polar surface area (TPSA) is 63.2 Å². The largest absolute Gasteiger partial charge is 0.383 e.